The molecule has 0 spiro atoms. The van der Waals surface area contributed by atoms with Crippen molar-refractivity contribution in [3.63, 3.8) is 0 Å². The van der Waals surface area contributed by atoms with Gasteiger partial charge in [0.25, 0.3) is 5.91 Å². The fourth-order valence-corrected chi connectivity index (χ4v) is 4.62. The minimum Gasteiger partial charge on any atom is -0.339 e. The molecule has 7 heteroatoms. The SMILES string of the molecule is CN(C(=O)c1ccc(NC(=O)C[C@@H]2CCC[C@H]2N)cc1Cl)C1CCCCC1.Cl. The molecule has 2 aliphatic rings. The summed E-state index contributed by atoms with van der Waals surface area (Å²) in [6.45, 7) is 0. The van der Waals surface area contributed by atoms with Crippen LogP contribution in [0.15, 0.2) is 18.2 Å². The van der Waals surface area contributed by atoms with Gasteiger partial charge in [-0.2, -0.15) is 0 Å². The molecule has 5 nitrogen and oxygen atoms in total. The average Bonchev–Trinajstić information content (AvgIpc) is 3.06. The highest BCUT2D eigenvalue weighted by Crippen LogP contribution is 2.29. The Hall–Kier alpha value is -1.30. The van der Waals surface area contributed by atoms with E-state index < -0.39 is 0 Å². The molecule has 2 amide bonds. The first-order valence-corrected chi connectivity index (χ1v) is 10.5. The molecule has 2 aliphatic carbocycles. The van der Waals surface area contributed by atoms with Crippen LogP contribution in [0.4, 0.5) is 5.69 Å². The fraction of sp³-hybridized carbons (Fsp3) is 0.619. The zero-order valence-corrected chi connectivity index (χ0v) is 18.0. The van der Waals surface area contributed by atoms with Gasteiger partial charge in [-0.25, -0.2) is 0 Å². The molecule has 0 radical (unpaired) electrons. The van der Waals surface area contributed by atoms with Gasteiger partial charge in [0.15, 0.2) is 0 Å². The Balaban J connectivity index is 0.00000280. The van der Waals surface area contributed by atoms with E-state index in [2.05, 4.69) is 5.32 Å². The standard InChI is InChI=1S/C21H30ClN3O2.ClH/c1-25(16-7-3-2-4-8-16)21(27)17-11-10-15(13-18(17)22)24-20(26)12-14-6-5-9-19(14)23;/h10-11,13-14,16,19H,2-9,12,23H2,1H3,(H,24,26);1H/t14-,19+;/m0./s1. The minimum absolute atomic E-state index is 0. The van der Waals surface area contributed by atoms with Gasteiger partial charge in [0.05, 0.1) is 10.6 Å². The minimum atomic E-state index is -0.0540. The molecule has 0 unspecified atom stereocenters. The van der Waals surface area contributed by atoms with E-state index in [1.165, 1.54) is 19.3 Å². The summed E-state index contributed by atoms with van der Waals surface area (Å²) < 4.78 is 0. The van der Waals surface area contributed by atoms with Gasteiger partial charge in [-0.1, -0.05) is 37.3 Å². The van der Waals surface area contributed by atoms with Gasteiger partial charge >= 0.3 is 0 Å². The van der Waals surface area contributed by atoms with E-state index in [9.17, 15) is 9.59 Å². The number of carbonyl (C=O) groups is 2. The highest BCUT2D eigenvalue weighted by Gasteiger charge is 2.27. The summed E-state index contributed by atoms with van der Waals surface area (Å²) in [5.74, 6) is 0.152. The molecule has 2 saturated carbocycles. The second-order valence-corrected chi connectivity index (χ2v) is 8.42. The Kier molecular flexibility index (Phi) is 8.59. The van der Waals surface area contributed by atoms with Crippen molar-refractivity contribution < 1.29 is 9.59 Å². The maximum Gasteiger partial charge on any atom is 0.255 e. The fourth-order valence-electron chi connectivity index (χ4n) is 4.36. The van der Waals surface area contributed by atoms with Crippen LogP contribution >= 0.6 is 24.0 Å². The van der Waals surface area contributed by atoms with Crippen molar-refractivity contribution in [2.24, 2.45) is 11.7 Å². The van der Waals surface area contributed by atoms with Crippen molar-refractivity contribution in [2.75, 3.05) is 12.4 Å². The molecular formula is C21H31Cl2N3O2. The molecule has 156 valence electrons. The Morgan fingerprint density at radius 2 is 1.86 bits per heavy atom. The van der Waals surface area contributed by atoms with E-state index in [1.54, 1.807) is 18.2 Å². The first-order chi connectivity index (χ1) is 13.0. The maximum absolute atomic E-state index is 12.8. The number of carbonyl (C=O) groups excluding carboxylic acids is 2. The molecule has 0 aliphatic heterocycles. The quantitative estimate of drug-likeness (QED) is 0.719. The van der Waals surface area contributed by atoms with Crippen LogP contribution in [0.2, 0.25) is 5.02 Å². The summed E-state index contributed by atoms with van der Waals surface area (Å²) in [6, 6.07) is 5.53. The number of rotatable bonds is 5. The average molecular weight is 428 g/mol. The van der Waals surface area contributed by atoms with Gasteiger partial charge in [0.2, 0.25) is 5.91 Å². The number of nitrogens with two attached hydrogens (primary N) is 1. The lowest BCUT2D eigenvalue weighted by atomic mass is 9.94. The zero-order valence-electron chi connectivity index (χ0n) is 16.5. The number of amides is 2. The molecule has 1 aromatic carbocycles. The van der Waals surface area contributed by atoms with E-state index in [4.69, 9.17) is 17.3 Å². The number of benzene rings is 1. The van der Waals surface area contributed by atoms with Gasteiger partial charge in [-0.15, -0.1) is 12.4 Å². The first-order valence-electron chi connectivity index (χ1n) is 10.1. The van der Waals surface area contributed by atoms with Gasteiger partial charge in [-0.05, 0) is 49.8 Å². The van der Waals surface area contributed by atoms with Crippen LogP contribution in [-0.2, 0) is 4.79 Å². The monoisotopic (exact) mass is 427 g/mol. The van der Waals surface area contributed by atoms with Crippen molar-refractivity contribution in [1.29, 1.82) is 0 Å². The third-order valence-corrected chi connectivity index (χ3v) is 6.40. The molecule has 2 atom stereocenters. The van der Waals surface area contributed by atoms with E-state index in [-0.39, 0.29) is 42.2 Å². The summed E-state index contributed by atoms with van der Waals surface area (Å²) in [5.41, 5.74) is 7.15. The third-order valence-electron chi connectivity index (χ3n) is 6.09. The van der Waals surface area contributed by atoms with Crippen molar-refractivity contribution in [3.8, 4) is 0 Å². The van der Waals surface area contributed by atoms with Crippen LogP contribution in [0.5, 0.6) is 0 Å². The Labute approximate surface area is 178 Å². The summed E-state index contributed by atoms with van der Waals surface area (Å²) in [6.07, 6.45) is 9.23. The molecule has 2 fully saturated rings. The number of halogens is 2. The van der Waals surface area contributed by atoms with Crippen LogP contribution in [0.25, 0.3) is 0 Å². The molecule has 0 aromatic heterocycles. The number of hydrogen-bond acceptors (Lipinski definition) is 3. The molecule has 3 N–H and O–H groups in total. The highest BCUT2D eigenvalue weighted by molar-refractivity contribution is 6.34. The van der Waals surface area contributed by atoms with E-state index in [0.717, 1.165) is 32.1 Å². The number of hydrogen-bond donors (Lipinski definition) is 2. The second-order valence-electron chi connectivity index (χ2n) is 8.01. The van der Waals surface area contributed by atoms with E-state index in [1.807, 2.05) is 11.9 Å². The molecule has 0 saturated heterocycles. The molecule has 0 heterocycles. The van der Waals surface area contributed by atoms with E-state index >= 15 is 0 Å². The topological polar surface area (TPSA) is 75.4 Å². The largest absolute Gasteiger partial charge is 0.339 e. The molecule has 3 rings (SSSR count). The first kappa shape index (κ1) is 23.0. The maximum atomic E-state index is 12.8. The molecule has 1 aromatic rings. The predicted octanol–water partition coefficient (Wildman–Crippen LogP) is 4.62. The third kappa shape index (κ3) is 5.62. The van der Waals surface area contributed by atoms with Crippen LogP contribution in [0, 0.1) is 5.92 Å². The van der Waals surface area contributed by atoms with Crippen molar-refractivity contribution >= 4 is 41.5 Å². The van der Waals surface area contributed by atoms with Gasteiger partial charge in [0.1, 0.15) is 0 Å². The van der Waals surface area contributed by atoms with E-state index in [0.29, 0.717) is 22.7 Å². The Bertz CT molecular complexity index is 692. The summed E-state index contributed by atoms with van der Waals surface area (Å²) in [7, 11) is 1.86. The van der Waals surface area contributed by atoms with Crippen molar-refractivity contribution in [2.45, 2.75) is 69.9 Å². The summed E-state index contributed by atoms with van der Waals surface area (Å²) >= 11 is 6.37. The highest BCUT2D eigenvalue weighted by atomic mass is 35.5. The normalized spacial score (nSPS) is 22.4. The van der Waals surface area contributed by atoms with Crippen LogP contribution in [0.3, 0.4) is 0 Å². The molecule has 28 heavy (non-hydrogen) atoms. The molecule has 0 bridgehead atoms. The van der Waals surface area contributed by atoms with Crippen LogP contribution in [0.1, 0.15) is 68.1 Å². The molecular weight excluding hydrogens is 397 g/mol. The lowest BCUT2D eigenvalue weighted by Crippen LogP contribution is -2.38. The van der Waals surface area contributed by atoms with Crippen LogP contribution < -0.4 is 11.1 Å². The van der Waals surface area contributed by atoms with Crippen LogP contribution in [-0.4, -0.2) is 35.8 Å². The predicted molar refractivity (Wildman–Crippen MR) is 116 cm³/mol. The van der Waals surface area contributed by atoms with Gasteiger partial charge in [0, 0.05) is 31.2 Å². The van der Waals surface area contributed by atoms with Gasteiger partial charge in [-0.3, -0.25) is 9.59 Å². The lowest BCUT2D eigenvalue weighted by molar-refractivity contribution is -0.117. The van der Waals surface area contributed by atoms with Crippen molar-refractivity contribution in [3.05, 3.63) is 28.8 Å². The summed E-state index contributed by atoms with van der Waals surface area (Å²) in [4.78, 5) is 26.9. The number of nitrogens with one attached hydrogen (secondary N) is 1. The Morgan fingerprint density at radius 3 is 2.46 bits per heavy atom. The number of anilines is 1. The second kappa shape index (κ2) is 10.5. The Morgan fingerprint density at radius 1 is 1.14 bits per heavy atom. The van der Waals surface area contributed by atoms with Crippen molar-refractivity contribution in [1.82, 2.24) is 4.90 Å². The zero-order chi connectivity index (χ0) is 19.4. The lowest BCUT2D eigenvalue weighted by Gasteiger charge is -2.31. The summed E-state index contributed by atoms with van der Waals surface area (Å²) in [5, 5.41) is 3.26. The smallest absolute Gasteiger partial charge is 0.255 e. The van der Waals surface area contributed by atoms with Gasteiger partial charge < -0.3 is 16.0 Å². The number of nitrogens with zero attached hydrogens (tertiary/aromatic N) is 1.